The van der Waals surface area contributed by atoms with Crippen LogP contribution in [0, 0.1) is 0 Å². The van der Waals surface area contributed by atoms with E-state index in [1.807, 2.05) is 11.6 Å². The van der Waals surface area contributed by atoms with E-state index < -0.39 is 11.2 Å². The molecule has 8 heteroatoms. The molecule has 2 rings (SSSR count). The molecule has 0 saturated carbocycles. The first-order valence-corrected chi connectivity index (χ1v) is 5.87. The highest BCUT2D eigenvalue weighted by Crippen LogP contribution is 2.10. The van der Waals surface area contributed by atoms with E-state index in [1.165, 1.54) is 4.57 Å². The van der Waals surface area contributed by atoms with Gasteiger partial charge in [0.05, 0.1) is 6.54 Å². The number of aromatic nitrogens is 4. The van der Waals surface area contributed by atoms with Crippen LogP contribution in [0.4, 0.5) is 11.5 Å². The second-order valence-electron chi connectivity index (χ2n) is 4.07. The van der Waals surface area contributed by atoms with Crippen LogP contribution >= 0.6 is 0 Å². The number of aryl methyl sites for hydroxylation is 1. The van der Waals surface area contributed by atoms with Crippen LogP contribution in [-0.4, -0.2) is 19.1 Å². The largest absolute Gasteiger partial charge is 0.383 e. The Hall–Kier alpha value is -2.51. The molecule has 0 saturated heterocycles. The zero-order valence-corrected chi connectivity index (χ0v) is 10.8. The normalized spacial score (nSPS) is 10.6. The van der Waals surface area contributed by atoms with E-state index in [9.17, 15) is 9.59 Å². The Balaban J connectivity index is 2.33. The van der Waals surface area contributed by atoms with Gasteiger partial charge in [0.2, 0.25) is 0 Å². The summed E-state index contributed by atoms with van der Waals surface area (Å²) >= 11 is 0. The number of nitrogens with one attached hydrogen (secondary N) is 2. The quantitative estimate of drug-likeness (QED) is 0.688. The predicted molar refractivity (Wildman–Crippen MR) is 71.9 cm³/mol. The number of nitrogens with two attached hydrogens (primary N) is 1. The Morgan fingerprint density at radius 2 is 2.21 bits per heavy atom. The molecule has 0 aliphatic heterocycles. The Labute approximate surface area is 108 Å². The summed E-state index contributed by atoms with van der Waals surface area (Å²) in [5, 5.41) is 2.91. The maximum atomic E-state index is 11.7. The molecular weight excluding hydrogens is 248 g/mol. The van der Waals surface area contributed by atoms with E-state index in [2.05, 4.69) is 15.3 Å². The molecule has 0 aliphatic rings. The van der Waals surface area contributed by atoms with Gasteiger partial charge in [0, 0.05) is 26.0 Å². The van der Waals surface area contributed by atoms with E-state index in [0.29, 0.717) is 13.1 Å². The van der Waals surface area contributed by atoms with Crippen molar-refractivity contribution in [3.8, 4) is 0 Å². The molecule has 0 aliphatic carbocycles. The van der Waals surface area contributed by atoms with Crippen molar-refractivity contribution >= 4 is 11.5 Å². The summed E-state index contributed by atoms with van der Waals surface area (Å²) in [5.41, 5.74) is 4.98. The van der Waals surface area contributed by atoms with Crippen LogP contribution in [0.15, 0.2) is 22.0 Å². The molecule has 0 radical (unpaired) electrons. The molecule has 0 spiro atoms. The smallest absolute Gasteiger partial charge is 0.330 e. The van der Waals surface area contributed by atoms with Gasteiger partial charge in [-0.05, 0) is 6.92 Å². The van der Waals surface area contributed by atoms with Crippen LogP contribution in [0.3, 0.4) is 0 Å². The summed E-state index contributed by atoms with van der Waals surface area (Å²) < 4.78 is 3.12. The number of aromatic amines is 1. The molecular formula is C11H16N6O2. The first-order chi connectivity index (χ1) is 9.04. The standard InChI is InChI=1S/C11H16N6O2/c1-3-17-9(12)8(10(18)15-11(17)19)14-6-7-13-4-5-16(7)2/h4-5,14H,3,6,12H2,1-2H3,(H,15,18,19). The molecule has 2 aromatic rings. The van der Waals surface area contributed by atoms with Crippen LogP contribution in [-0.2, 0) is 20.1 Å². The number of hydrogen-bond acceptors (Lipinski definition) is 5. The third-order valence-corrected chi connectivity index (χ3v) is 2.90. The summed E-state index contributed by atoms with van der Waals surface area (Å²) in [6.07, 6.45) is 3.47. The number of anilines is 2. The first-order valence-electron chi connectivity index (χ1n) is 5.87. The zero-order chi connectivity index (χ0) is 14.0. The van der Waals surface area contributed by atoms with Crippen molar-refractivity contribution in [3.05, 3.63) is 39.1 Å². The molecule has 8 nitrogen and oxygen atoms in total. The Kier molecular flexibility index (Phi) is 3.41. The van der Waals surface area contributed by atoms with Crippen molar-refractivity contribution in [3.63, 3.8) is 0 Å². The average molecular weight is 264 g/mol. The topological polar surface area (TPSA) is 111 Å². The van der Waals surface area contributed by atoms with E-state index in [1.54, 1.807) is 19.3 Å². The fourth-order valence-electron chi connectivity index (χ4n) is 1.81. The fourth-order valence-corrected chi connectivity index (χ4v) is 1.81. The number of rotatable bonds is 4. The molecule has 4 N–H and O–H groups in total. The summed E-state index contributed by atoms with van der Waals surface area (Å²) in [7, 11) is 1.85. The van der Waals surface area contributed by atoms with Gasteiger partial charge in [-0.1, -0.05) is 0 Å². The summed E-state index contributed by atoms with van der Waals surface area (Å²) in [6.45, 7) is 2.51. The Morgan fingerprint density at radius 1 is 1.47 bits per heavy atom. The minimum atomic E-state index is -0.526. The van der Waals surface area contributed by atoms with Crippen molar-refractivity contribution in [2.24, 2.45) is 7.05 Å². The SMILES string of the molecule is CCn1c(N)c(NCc2nccn2C)c(=O)[nH]c1=O. The van der Waals surface area contributed by atoms with Crippen molar-refractivity contribution in [1.29, 1.82) is 0 Å². The van der Waals surface area contributed by atoms with Crippen LogP contribution in [0.5, 0.6) is 0 Å². The van der Waals surface area contributed by atoms with Crippen molar-refractivity contribution in [1.82, 2.24) is 19.1 Å². The maximum Gasteiger partial charge on any atom is 0.330 e. The molecule has 0 unspecified atom stereocenters. The van der Waals surface area contributed by atoms with Gasteiger partial charge < -0.3 is 15.6 Å². The van der Waals surface area contributed by atoms with Gasteiger partial charge in [-0.25, -0.2) is 9.78 Å². The number of H-pyrrole nitrogens is 1. The van der Waals surface area contributed by atoms with Gasteiger partial charge in [0.1, 0.15) is 17.3 Å². The van der Waals surface area contributed by atoms with E-state index in [-0.39, 0.29) is 11.5 Å². The van der Waals surface area contributed by atoms with Gasteiger partial charge in [0.25, 0.3) is 5.56 Å². The van der Waals surface area contributed by atoms with Crippen molar-refractivity contribution in [2.75, 3.05) is 11.1 Å². The third kappa shape index (κ3) is 2.37. The lowest BCUT2D eigenvalue weighted by Crippen LogP contribution is -2.33. The van der Waals surface area contributed by atoms with Gasteiger partial charge in [0.15, 0.2) is 0 Å². The zero-order valence-electron chi connectivity index (χ0n) is 10.8. The fraction of sp³-hybridized carbons (Fsp3) is 0.364. The minimum absolute atomic E-state index is 0.130. The van der Waals surface area contributed by atoms with Crippen molar-refractivity contribution < 1.29 is 0 Å². The molecule has 0 bridgehead atoms. The highest BCUT2D eigenvalue weighted by Gasteiger charge is 2.11. The average Bonchev–Trinajstić information content (AvgIpc) is 2.75. The maximum absolute atomic E-state index is 11.7. The Bertz CT molecular complexity index is 696. The van der Waals surface area contributed by atoms with Crippen LogP contribution in [0.25, 0.3) is 0 Å². The molecule has 0 atom stereocenters. The second kappa shape index (κ2) is 5.01. The molecule has 0 amide bonds. The molecule has 0 aromatic carbocycles. The van der Waals surface area contributed by atoms with E-state index in [4.69, 9.17) is 5.73 Å². The van der Waals surface area contributed by atoms with Gasteiger partial charge in [-0.3, -0.25) is 14.3 Å². The van der Waals surface area contributed by atoms with Crippen molar-refractivity contribution in [2.45, 2.75) is 20.0 Å². The number of imidazole rings is 1. The summed E-state index contributed by atoms with van der Waals surface area (Å²) in [4.78, 5) is 29.6. The van der Waals surface area contributed by atoms with Crippen LogP contribution < -0.4 is 22.3 Å². The second-order valence-corrected chi connectivity index (χ2v) is 4.07. The number of nitrogen functional groups attached to an aromatic ring is 1. The molecule has 2 aromatic heterocycles. The summed E-state index contributed by atoms with van der Waals surface area (Å²) in [5.74, 6) is 0.888. The molecule has 102 valence electrons. The van der Waals surface area contributed by atoms with E-state index in [0.717, 1.165) is 5.82 Å². The van der Waals surface area contributed by atoms with Crippen LogP contribution in [0.1, 0.15) is 12.7 Å². The molecule has 19 heavy (non-hydrogen) atoms. The Morgan fingerprint density at radius 3 is 2.79 bits per heavy atom. The lowest BCUT2D eigenvalue weighted by atomic mass is 10.4. The molecule has 2 heterocycles. The predicted octanol–water partition coefficient (Wildman–Crippen LogP) is -0.516. The minimum Gasteiger partial charge on any atom is -0.383 e. The van der Waals surface area contributed by atoms with Gasteiger partial charge in [-0.2, -0.15) is 0 Å². The molecule has 0 fully saturated rings. The van der Waals surface area contributed by atoms with E-state index >= 15 is 0 Å². The first kappa shape index (κ1) is 12.9. The van der Waals surface area contributed by atoms with Gasteiger partial charge >= 0.3 is 5.69 Å². The number of hydrogen-bond donors (Lipinski definition) is 3. The lowest BCUT2D eigenvalue weighted by Gasteiger charge is -2.12. The summed E-state index contributed by atoms with van der Waals surface area (Å²) in [6, 6.07) is 0. The van der Waals surface area contributed by atoms with Crippen LogP contribution in [0.2, 0.25) is 0 Å². The number of nitrogens with zero attached hydrogens (tertiary/aromatic N) is 3. The highest BCUT2D eigenvalue weighted by atomic mass is 16.2. The third-order valence-electron chi connectivity index (χ3n) is 2.90. The van der Waals surface area contributed by atoms with Gasteiger partial charge in [-0.15, -0.1) is 0 Å². The lowest BCUT2D eigenvalue weighted by molar-refractivity contribution is 0.705. The highest BCUT2D eigenvalue weighted by molar-refractivity contribution is 5.60. The monoisotopic (exact) mass is 264 g/mol.